The summed E-state index contributed by atoms with van der Waals surface area (Å²) < 4.78 is 28.6. The molecule has 0 aliphatic carbocycles. The number of unbranched alkanes of at least 4 members (excludes halogenated alkanes) is 3. The second-order valence-electron chi connectivity index (χ2n) is 21.6. The molecule has 4 heterocycles. The number of sulfonamides is 1. The second kappa shape index (κ2) is 24.5. The van der Waals surface area contributed by atoms with E-state index in [9.17, 15) is 32.7 Å². The number of rotatable bonds is 20. The first-order valence-corrected chi connectivity index (χ1v) is 28.1. The topological polar surface area (TPSA) is 231 Å². The van der Waals surface area contributed by atoms with E-state index in [4.69, 9.17) is 0 Å². The Labute approximate surface area is 445 Å². The monoisotopic (exact) mass is 1060 g/mol. The van der Waals surface area contributed by atoms with Gasteiger partial charge in [0.1, 0.15) is 17.9 Å². The number of amides is 4. The Morgan fingerprint density at radius 3 is 2.17 bits per heavy atom. The van der Waals surface area contributed by atoms with E-state index in [0.29, 0.717) is 62.9 Å². The van der Waals surface area contributed by atoms with E-state index in [1.165, 1.54) is 4.90 Å². The molecular formula is C55H73N11O7S2. The van der Waals surface area contributed by atoms with Crippen LogP contribution in [-0.2, 0) is 35.7 Å². The Balaban J connectivity index is 0.798. The highest BCUT2D eigenvalue weighted by Gasteiger charge is 2.44. The van der Waals surface area contributed by atoms with Crippen LogP contribution >= 0.6 is 11.3 Å². The predicted molar refractivity (Wildman–Crippen MR) is 294 cm³/mol. The number of aryl methyl sites for hydroxylation is 2. The van der Waals surface area contributed by atoms with Crippen LogP contribution in [0.15, 0.2) is 89.4 Å². The van der Waals surface area contributed by atoms with Gasteiger partial charge in [0, 0.05) is 92.9 Å². The standard InChI is InChI=1S/C55H73N11O7S2/c1-36-32-57-53(62-50(36)59-41-14-13-15-44(30-41)75(72,73)63-55(6,7)8)60-40-22-24-42(25-23-40)64-26-28-65(29-27-64)47(69)17-12-10-9-11-16-46(68)61-49(54(3,4)5)52(71)66-34-43(67)31-45(66)51(70)56-33-38-18-20-39(21-19-38)48-37(2)58-35-74-48/h13-15,18-25,30,32,35,43,45,49,63,67H,9-12,16-17,26-29,31,33-34H2,1-8H3,(H,56,70)(H,61,68)(H2,57,59,60,62)/t43-,45+,49-/m1/s1. The van der Waals surface area contributed by atoms with Crippen molar-refractivity contribution in [3.05, 3.63) is 101 Å². The largest absolute Gasteiger partial charge is 0.391 e. The summed E-state index contributed by atoms with van der Waals surface area (Å²) >= 11 is 1.57. The van der Waals surface area contributed by atoms with E-state index in [1.54, 1.807) is 62.6 Å². The third-order valence-electron chi connectivity index (χ3n) is 13.2. The van der Waals surface area contributed by atoms with E-state index < -0.39 is 45.1 Å². The second-order valence-corrected chi connectivity index (χ2v) is 24.2. The molecule has 20 heteroatoms. The van der Waals surface area contributed by atoms with Crippen LogP contribution in [0.5, 0.6) is 0 Å². The summed E-state index contributed by atoms with van der Waals surface area (Å²) in [6.07, 6.45) is 4.48. The molecule has 0 bridgehead atoms. The lowest BCUT2D eigenvalue weighted by atomic mass is 9.85. The number of nitrogens with one attached hydrogen (secondary N) is 5. The van der Waals surface area contributed by atoms with Gasteiger partial charge in [-0.05, 0) is 106 Å². The van der Waals surface area contributed by atoms with Crippen molar-refractivity contribution < 1.29 is 32.7 Å². The summed E-state index contributed by atoms with van der Waals surface area (Å²) in [5.74, 6) is 0.0293. The van der Waals surface area contributed by atoms with Crippen LogP contribution in [0.2, 0.25) is 0 Å². The van der Waals surface area contributed by atoms with Crippen LogP contribution in [0.3, 0.4) is 0 Å². The van der Waals surface area contributed by atoms with E-state index in [2.05, 4.69) is 45.8 Å². The molecule has 4 amide bonds. The molecule has 0 spiro atoms. The number of hydrogen-bond donors (Lipinski definition) is 6. The van der Waals surface area contributed by atoms with E-state index in [1.807, 2.05) is 93.6 Å². The third kappa shape index (κ3) is 15.6. The molecule has 75 heavy (non-hydrogen) atoms. The Morgan fingerprint density at radius 2 is 1.52 bits per heavy atom. The summed E-state index contributed by atoms with van der Waals surface area (Å²) in [5.41, 5.74) is 6.64. The number of likely N-dealkylation sites (tertiary alicyclic amines) is 1. The summed E-state index contributed by atoms with van der Waals surface area (Å²) in [4.78, 5) is 74.3. The number of thiazole rings is 1. The van der Waals surface area contributed by atoms with Crippen molar-refractivity contribution in [3.63, 3.8) is 0 Å². The zero-order chi connectivity index (χ0) is 54.1. The number of piperazine rings is 1. The number of carbonyl (C=O) groups excluding carboxylic acids is 4. The number of hydrogen-bond acceptors (Lipinski definition) is 14. The molecule has 5 aromatic rings. The maximum absolute atomic E-state index is 14.1. The fourth-order valence-corrected chi connectivity index (χ4v) is 11.4. The van der Waals surface area contributed by atoms with Crippen LogP contribution in [-0.4, -0.2) is 118 Å². The van der Waals surface area contributed by atoms with Gasteiger partial charge in [-0.1, -0.05) is 63.9 Å². The molecule has 6 N–H and O–H groups in total. The molecule has 2 aliphatic heterocycles. The molecule has 7 rings (SSSR count). The summed E-state index contributed by atoms with van der Waals surface area (Å²) in [7, 11) is -3.72. The minimum atomic E-state index is -3.72. The van der Waals surface area contributed by atoms with Gasteiger partial charge in [-0.25, -0.2) is 23.1 Å². The zero-order valence-electron chi connectivity index (χ0n) is 44.4. The van der Waals surface area contributed by atoms with Crippen LogP contribution in [0.1, 0.15) is 103 Å². The number of benzene rings is 3. The van der Waals surface area contributed by atoms with Crippen LogP contribution in [0.4, 0.5) is 28.8 Å². The van der Waals surface area contributed by atoms with Gasteiger partial charge in [-0.15, -0.1) is 11.3 Å². The number of nitrogens with zero attached hydrogens (tertiary/aromatic N) is 6. The van der Waals surface area contributed by atoms with Crippen molar-refractivity contribution in [1.82, 2.24) is 40.1 Å². The first-order chi connectivity index (χ1) is 35.5. The van der Waals surface area contributed by atoms with Crippen molar-refractivity contribution in [1.29, 1.82) is 0 Å². The Hall–Kier alpha value is -6.48. The fourth-order valence-electron chi connectivity index (χ4n) is 9.15. The predicted octanol–water partition coefficient (Wildman–Crippen LogP) is 7.58. The number of anilines is 5. The van der Waals surface area contributed by atoms with Gasteiger partial charge in [0.25, 0.3) is 0 Å². The smallest absolute Gasteiger partial charge is 0.246 e. The van der Waals surface area contributed by atoms with Crippen molar-refractivity contribution >= 4 is 73.8 Å². The highest BCUT2D eigenvalue weighted by Crippen LogP contribution is 2.30. The van der Waals surface area contributed by atoms with E-state index in [-0.39, 0.29) is 48.5 Å². The molecule has 402 valence electrons. The number of aromatic nitrogens is 3. The first-order valence-electron chi connectivity index (χ1n) is 25.7. The molecule has 0 radical (unpaired) electrons. The number of β-amino-alcohol motifs (C(OH)–C–C–N with tert-alkyl or cyclic N) is 1. The highest BCUT2D eigenvalue weighted by atomic mass is 32.2. The average molecular weight is 1060 g/mol. The van der Waals surface area contributed by atoms with Gasteiger partial charge < -0.3 is 41.1 Å². The molecule has 18 nitrogen and oxygen atoms in total. The molecule has 3 aromatic carbocycles. The Morgan fingerprint density at radius 1 is 0.827 bits per heavy atom. The van der Waals surface area contributed by atoms with Gasteiger partial charge >= 0.3 is 0 Å². The van der Waals surface area contributed by atoms with Crippen LogP contribution in [0, 0.1) is 19.3 Å². The molecule has 2 aliphatic rings. The van der Waals surface area contributed by atoms with Gasteiger partial charge in [0.2, 0.25) is 39.6 Å². The summed E-state index contributed by atoms with van der Waals surface area (Å²) in [5, 5.41) is 23.0. The SMILES string of the molecule is Cc1cnc(Nc2ccc(N3CCN(C(=O)CCCCCCC(=O)N[C@H](C(=O)N4C[C@H](O)C[C@H]4C(=O)NCc4ccc(-c5scnc5C)cc4)C(C)(C)C)CC3)cc2)nc1Nc1cccc(S(=O)(=O)NC(C)(C)C)c1. The van der Waals surface area contributed by atoms with Crippen molar-refractivity contribution in [3.8, 4) is 10.4 Å². The normalized spacial score (nSPS) is 16.6. The maximum Gasteiger partial charge on any atom is 0.246 e. The minimum absolute atomic E-state index is 0.00531. The number of aliphatic hydroxyl groups excluding tert-OH is 1. The fraction of sp³-hybridized carbons (Fsp3) is 0.473. The Kier molecular flexibility index (Phi) is 18.3. The molecule has 2 saturated heterocycles. The lowest BCUT2D eigenvalue weighted by Gasteiger charge is -2.36. The maximum atomic E-state index is 14.1. The highest BCUT2D eigenvalue weighted by molar-refractivity contribution is 7.89. The number of carbonyl (C=O) groups is 4. The lowest BCUT2D eigenvalue weighted by Crippen LogP contribution is -2.57. The third-order valence-corrected chi connectivity index (χ3v) is 15.9. The molecule has 0 saturated carbocycles. The first kappa shape index (κ1) is 56.3. The van der Waals surface area contributed by atoms with Crippen molar-refractivity contribution in [2.75, 3.05) is 48.3 Å². The van der Waals surface area contributed by atoms with Crippen molar-refractivity contribution in [2.45, 2.75) is 136 Å². The molecular weight excluding hydrogens is 991 g/mol. The molecule has 2 fully saturated rings. The van der Waals surface area contributed by atoms with Crippen LogP contribution < -0.4 is 30.9 Å². The van der Waals surface area contributed by atoms with Gasteiger partial charge in [-0.3, -0.25) is 19.2 Å². The number of aliphatic hydroxyl groups is 1. The minimum Gasteiger partial charge on any atom is -0.391 e. The average Bonchev–Trinajstić information content (AvgIpc) is 3.98. The molecule has 2 aromatic heterocycles. The lowest BCUT2D eigenvalue weighted by molar-refractivity contribution is -0.144. The molecule has 3 atom stereocenters. The quantitative estimate of drug-likeness (QED) is 0.0414. The summed E-state index contributed by atoms with van der Waals surface area (Å²) in [6, 6.07) is 20.7. The van der Waals surface area contributed by atoms with Gasteiger partial charge in [0.15, 0.2) is 0 Å². The van der Waals surface area contributed by atoms with E-state index in [0.717, 1.165) is 51.5 Å². The summed E-state index contributed by atoms with van der Waals surface area (Å²) in [6.45, 7) is 17.7. The zero-order valence-corrected chi connectivity index (χ0v) is 46.0. The van der Waals surface area contributed by atoms with Gasteiger partial charge in [0.05, 0.1) is 27.1 Å². The molecule has 0 unspecified atom stereocenters. The Bertz CT molecular complexity index is 2890. The van der Waals surface area contributed by atoms with E-state index >= 15 is 0 Å². The van der Waals surface area contributed by atoms with Crippen LogP contribution in [0.25, 0.3) is 10.4 Å². The van der Waals surface area contributed by atoms with Gasteiger partial charge in [-0.2, -0.15) is 4.98 Å². The van der Waals surface area contributed by atoms with Crippen molar-refractivity contribution in [2.24, 2.45) is 5.41 Å².